The zero-order chi connectivity index (χ0) is 16.7. The molecular formula is C17H22N3O2S+. The molecule has 0 spiro atoms. The Morgan fingerprint density at radius 2 is 1.96 bits per heavy atom. The third kappa shape index (κ3) is 4.91. The van der Waals surface area contributed by atoms with Gasteiger partial charge in [0, 0.05) is 12.6 Å². The Morgan fingerprint density at radius 1 is 1.22 bits per heavy atom. The zero-order valence-corrected chi connectivity index (χ0v) is 14.2. The average molecular weight is 332 g/mol. The molecule has 0 saturated heterocycles. The fourth-order valence-corrected chi connectivity index (χ4v) is 3.16. The molecule has 23 heavy (non-hydrogen) atoms. The van der Waals surface area contributed by atoms with Gasteiger partial charge in [-0.05, 0) is 23.4 Å². The van der Waals surface area contributed by atoms with Gasteiger partial charge in [-0.3, -0.25) is 10.1 Å². The fraction of sp³-hybridized carbons (Fsp3) is 0.294. The Kier molecular flexibility index (Phi) is 6.31. The predicted molar refractivity (Wildman–Crippen MR) is 91.4 cm³/mol. The summed E-state index contributed by atoms with van der Waals surface area (Å²) in [5.41, 5.74) is 2.44. The quantitative estimate of drug-likeness (QED) is 0.748. The molecule has 0 unspecified atom stereocenters. The highest BCUT2D eigenvalue weighted by molar-refractivity contribution is 7.10. The van der Waals surface area contributed by atoms with Gasteiger partial charge in [-0.25, -0.2) is 4.79 Å². The number of nitrogens with two attached hydrogens (primary N) is 1. The van der Waals surface area contributed by atoms with Crippen LogP contribution in [0.3, 0.4) is 0 Å². The minimum atomic E-state index is -0.483. The number of quaternary nitrogens is 1. The van der Waals surface area contributed by atoms with Crippen molar-refractivity contribution in [1.82, 2.24) is 10.6 Å². The molecule has 1 aromatic heterocycles. The maximum Gasteiger partial charge on any atom is 0.321 e. The van der Waals surface area contributed by atoms with Crippen LogP contribution in [0.4, 0.5) is 4.79 Å². The van der Waals surface area contributed by atoms with E-state index in [1.54, 1.807) is 11.3 Å². The third-order valence-corrected chi connectivity index (χ3v) is 4.57. The fourth-order valence-electron chi connectivity index (χ4n) is 2.31. The summed E-state index contributed by atoms with van der Waals surface area (Å²) in [6.45, 7) is 2.31. The summed E-state index contributed by atoms with van der Waals surface area (Å²) in [5, 5.41) is 8.63. The first-order chi connectivity index (χ1) is 11.1. The minimum absolute atomic E-state index is 0.0522. The van der Waals surface area contributed by atoms with Crippen LogP contribution in [0, 0.1) is 0 Å². The van der Waals surface area contributed by atoms with E-state index in [0.717, 1.165) is 12.0 Å². The standard InChI is InChI=1S/C17H21N3O2S/c1-3-12-6-8-13(9-7-12)16(14-5-4-10-23-14)19-11-15(21)20-17(22)18-2/h4-10,16,19H,3,11H2,1-2H3,(H2,18,20,21,22)/p+1/t16-/m1/s1. The highest BCUT2D eigenvalue weighted by atomic mass is 32.1. The second-order valence-electron chi connectivity index (χ2n) is 5.16. The number of amides is 3. The van der Waals surface area contributed by atoms with Crippen LogP contribution >= 0.6 is 11.3 Å². The summed E-state index contributed by atoms with van der Waals surface area (Å²) in [7, 11) is 1.48. The first kappa shape index (κ1) is 17.2. The molecule has 0 radical (unpaired) electrons. The molecule has 2 rings (SSSR count). The van der Waals surface area contributed by atoms with E-state index in [1.165, 1.54) is 17.5 Å². The van der Waals surface area contributed by atoms with Gasteiger partial charge in [0.25, 0.3) is 5.91 Å². The first-order valence-corrected chi connectivity index (χ1v) is 8.49. The van der Waals surface area contributed by atoms with Crippen molar-refractivity contribution < 1.29 is 14.9 Å². The number of nitrogens with one attached hydrogen (secondary N) is 2. The molecule has 6 heteroatoms. The SMILES string of the molecule is CCc1ccc([C@@H]([NH2+]CC(=O)NC(=O)NC)c2cccs2)cc1. The van der Waals surface area contributed by atoms with Crippen LogP contribution in [0.1, 0.15) is 29.0 Å². The summed E-state index contributed by atoms with van der Waals surface area (Å²) in [6.07, 6.45) is 1.00. The van der Waals surface area contributed by atoms with Crippen molar-refractivity contribution in [2.45, 2.75) is 19.4 Å². The topological polar surface area (TPSA) is 74.8 Å². The van der Waals surface area contributed by atoms with Gasteiger partial charge in [0.05, 0.1) is 4.88 Å². The van der Waals surface area contributed by atoms with Crippen molar-refractivity contribution >= 4 is 23.3 Å². The molecule has 0 fully saturated rings. The number of carbonyl (C=O) groups is 2. The van der Waals surface area contributed by atoms with E-state index < -0.39 is 6.03 Å². The smallest absolute Gasteiger partial charge is 0.321 e. The number of urea groups is 1. The number of imide groups is 1. The molecule has 0 bridgehead atoms. The average Bonchev–Trinajstić information content (AvgIpc) is 3.09. The monoisotopic (exact) mass is 332 g/mol. The summed E-state index contributed by atoms with van der Waals surface area (Å²) >= 11 is 1.66. The van der Waals surface area contributed by atoms with Crippen LogP contribution in [-0.2, 0) is 11.2 Å². The van der Waals surface area contributed by atoms with Crippen molar-refractivity contribution in [2.75, 3.05) is 13.6 Å². The number of hydrogen-bond acceptors (Lipinski definition) is 3. The van der Waals surface area contributed by atoms with Gasteiger partial charge in [-0.2, -0.15) is 0 Å². The van der Waals surface area contributed by atoms with Crippen LogP contribution in [0.25, 0.3) is 0 Å². The molecular weight excluding hydrogens is 310 g/mol. The Balaban J connectivity index is 2.09. The lowest BCUT2D eigenvalue weighted by Crippen LogP contribution is -2.87. The van der Waals surface area contributed by atoms with Gasteiger partial charge < -0.3 is 10.6 Å². The van der Waals surface area contributed by atoms with Crippen LogP contribution in [0.15, 0.2) is 41.8 Å². The van der Waals surface area contributed by atoms with Gasteiger partial charge >= 0.3 is 6.03 Å². The lowest BCUT2D eigenvalue weighted by molar-refractivity contribution is -0.676. The molecule has 0 aliphatic rings. The molecule has 122 valence electrons. The van der Waals surface area contributed by atoms with Gasteiger partial charge in [-0.15, -0.1) is 11.3 Å². The number of carbonyl (C=O) groups excluding carboxylic acids is 2. The summed E-state index contributed by atoms with van der Waals surface area (Å²) in [6, 6.07) is 12.1. The maximum absolute atomic E-state index is 11.8. The van der Waals surface area contributed by atoms with Gasteiger partial charge in [0.2, 0.25) is 0 Å². The second kappa shape index (κ2) is 8.45. The zero-order valence-electron chi connectivity index (χ0n) is 13.3. The largest absolute Gasteiger partial charge is 0.341 e. The van der Waals surface area contributed by atoms with Crippen LogP contribution < -0.4 is 16.0 Å². The maximum atomic E-state index is 11.8. The Hall–Kier alpha value is -2.18. The molecule has 0 aliphatic heterocycles. The lowest BCUT2D eigenvalue weighted by Gasteiger charge is -2.15. The van der Waals surface area contributed by atoms with Crippen molar-refractivity contribution in [3.63, 3.8) is 0 Å². The molecule has 2 aromatic rings. The molecule has 1 aromatic carbocycles. The number of thiophene rings is 1. The normalized spacial score (nSPS) is 11.7. The van der Waals surface area contributed by atoms with Gasteiger partial charge in [0.15, 0.2) is 6.54 Å². The van der Waals surface area contributed by atoms with E-state index in [9.17, 15) is 9.59 Å². The van der Waals surface area contributed by atoms with Gasteiger partial charge in [0.1, 0.15) is 6.04 Å². The molecule has 0 saturated carbocycles. The van der Waals surface area contributed by atoms with E-state index in [1.807, 2.05) is 16.8 Å². The van der Waals surface area contributed by atoms with E-state index in [0.29, 0.717) is 0 Å². The molecule has 5 nitrogen and oxygen atoms in total. The van der Waals surface area contributed by atoms with Crippen LogP contribution in [0.5, 0.6) is 0 Å². The minimum Gasteiger partial charge on any atom is -0.341 e. The van der Waals surface area contributed by atoms with E-state index >= 15 is 0 Å². The Morgan fingerprint density at radius 3 is 2.52 bits per heavy atom. The van der Waals surface area contributed by atoms with Crippen molar-refractivity contribution in [2.24, 2.45) is 0 Å². The predicted octanol–water partition coefficient (Wildman–Crippen LogP) is 1.42. The molecule has 1 heterocycles. The molecule has 0 aliphatic carbocycles. The first-order valence-electron chi connectivity index (χ1n) is 7.61. The summed E-state index contributed by atoms with van der Waals surface area (Å²) < 4.78 is 0. The van der Waals surface area contributed by atoms with Crippen molar-refractivity contribution in [3.05, 3.63) is 57.8 Å². The van der Waals surface area contributed by atoms with Gasteiger partial charge in [-0.1, -0.05) is 37.3 Å². The molecule has 4 N–H and O–H groups in total. The lowest BCUT2D eigenvalue weighted by atomic mass is 10.0. The van der Waals surface area contributed by atoms with E-state index in [-0.39, 0.29) is 18.5 Å². The van der Waals surface area contributed by atoms with E-state index in [4.69, 9.17) is 0 Å². The highest BCUT2D eigenvalue weighted by Crippen LogP contribution is 2.23. The van der Waals surface area contributed by atoms with Crippen LogP contribution in [0.2, 0.25) is 0 Å². The molecule has 1 atom stereocenters. The number of aryl methyl sites for hydroxylation is 1. The number of benzene rings is 1. The third-order valence-electron chi connectivity index (χ3n) is 3.62. The van der Waals surface area contributed by atoms with Crippen molar-refractivity contribution in [1.29, 1.82) is 0 Å². The van der Waals surface area contributed by atoms with E-state index in [2.05, 4.69) is 47.9 Å². The summed E-state index contributed by atoms with van der Waals surface area (Å²) in [4.78, 5) is 24.2. The number of rotatable bonds is 6. The van der Waals surface area contributed by atoms with Crippen molar-refractivity contribution in [3.8, 4) is 0 Å². The Labute approximate surface area is 140 Å². The molecule has 3 amide bonds. The highest BCUT2D eigenvalue weighted by Gasteiger charge is 2.20. The Bertz CT molecular complexity index is 638. The van der Waals surface area contributed by atoms with Crippen LogP contribution in [-0.4, -0.2) is 25.5 Å². The second-order valence-corrected chi connectivity index (χ2v) is 6.13. The number of hydrogen-bond donors (Lipinski definition) is 3. The summed E-state index contributed by atoms with van der Waals surface area (Å²) in [5.74, 6) is -0.309.